The zero-order chi connectivity index (χ0) is 15.6. The van der Waals surface area contributed by atoms with Crippen molar-refractivity contribution in [1.82, 2.24) is 4.90 Å². The van der Waals surface area contributed by atoms with Gasteiger partial charge in [-0.2, -0.15) is 0 Å². The van der Waals surface area contributed by atoms with Crippen molar-refractivity contribution in [2.24, 2.45) is 5.41 Å². The maximum absolute atomic E-state index is 12.6. The van der Waals surface area contributed by atoms with Crippen LogP contribution in [0.4, 0.5) is 0 Å². The summed E-state index contributed by atoms with van der Waals surface area (Å²) in [5, 5.41) is 9.40. The number of aliphatic carboxylic acids is 1. The minimum Gasteiger partial charge on any atom is -0.481 e. The average Bonchev–Trinajstić information content (AvgIpc) is 2.49. The monoisotopic (exact) mass is 353 g/mol. The summed E-state index contributed by atoms with van der Waals surface area (Å²) in [6.07, 6.45) is 1.65. The Bertz CT molecular complexity index is 563. The molecule has 0 radical (unpaired) electrons. The fourth-order valence-electron chi connectivity index (χ4n) is 2.83. The molecule has 1 amide bonds. The Hall–Kier alpha value is -1.36. The Labute approximate surface area is 133 Å². The van der Waals surface area contributed by atoms with Crippen molar-refractivity contribution < 1.29 is 14.7 Å². The zero-order valence-electron chi connectivity index (χ0n) is 12.4. The number of carboxylic acid groups (broad SMARTS) is 1. The summed E-state index contributed by atoms with van der Waals surface area (Å²) >= 11 is 3.42. The highest BCUT2D eigenvalue weighted by Gasteiger charge is 2.41. The van der Waals surface area contributed by atoms with E-state index in [0.717, 1.165) is 10.0 Å². The van der Waals surface area contributed by atoms with Crippen molar-refractivity contribution in [3.8, 4) is 0 Å². The van der Waals surface area contributed by atoms with Crippen molar-refractivity contribution in [2.75, 3.05) is 13.1 Å². The number of carbonyl (C=O) groups is 2. The summed E-state index contributed by atoms with van der Waals surface area (Å²) < 4.78 is 0.781. The fourth-order valence-corrected chi connectivity index (χ4v) is 3.25. The van der Waals surface area contributed by atoms with E-state index in [2.05, 4.69) is 15.9 Å². The molecule has 1 aromatic rings. The van der Waals surface area contributed by atoms with Crippen LogP contribution in [-0.4, -0.2) is 35.0 Å². The van der Waals surface area contributed by atoms with Crippen LogP contribution in [0.15, 0.2) is 22.7 Å². The molecule has 4 nitrogen and oxygen atoms in total. The van der Waals surface area contributed by atoms with Gasteiger partial charge in [0.15, 0.2) is 0 Å². The molecule has 1 fully saturated rings. The predicted octanol–water partition coefficient (Wildman–Crippen LogP) is 3.47. The first-order valence-corrected chi connectivity index (χ1v) is 7.98. The molecule has 1 aliphatic rings. The first-order chi connectivity index (χ1) is 9.89. The molecule has 0 bridgehead atoms. The lowest BCUT2D eigenvalue weighted by atomic mass is 9.76. The first-order valence-electron chi connectivity index (χ1n) is 7.18. The van der Waals surface area contributed by atoms with Gasteiger partial charge in [0, 0.05) is 17.6 Å². The number of nitrogens with zero attached hydrogens (tertiary/aromatic N) is 1. The minimum absolute atomic E-state index is 0.0272. The summed E-state index contributed by atoms with van der Waals surface area (Å²) in [7, 11) is 0. The van der Waals surface area contributed by atoms with Gasteiger partial charge in [-0.25, -0.2) is 0 Å². The van der Waals surface area contributed by atoms with Gasteiger partial charge in [0.1, 0.15) is 0 Å². The van der Waals surface area contributed by atoms with E-state index in [0.29, 0.717) is 37.9 Å². The molecule has 0 aromatic heterocycles. The Balaban J connectivity index is 2.13. The van der Waals surface area contributed by atoms with Crippen LogP contribution in [0.3, 0.4) is 0 Å². The number of hydrogen-bond donors (Lipinski definition) is 1. The van der Waals surface area contributed by atoms with Crippen LogP contribution >= 0.6 is 15.9 Å². The highest BCUT2D eigenvalue weighted by molar-refractivity contribution is 9.10. The van der Waals surface area contributed by atoms with Crippen LogP contribution in [0.25, 0.3) is 0 Å². The number of carbonyl (C=O) groups excluding carboxylic acids is 1. The van der Waals surface area contributed by atoms with Crippen LogP contribution in [0.2, 0.25) is 0 Å². The summed E-state index contributed by atoms with van der Waals surface area (Å²) in [4.78, 5) is 25.8. The van der Waals surface area contributed by atoms with E-state index < -0.39 is 11.4 Å². The average molecular weight is 354 g/mol. The van der Waals surface area contributed by atoms with Gasteiger partial charge in [-0.1, -0.05) is 18.6 Å². The lowest BCUT2D eigenvalue weighted by molar-refractivity contribution is -0.152. The molecule has 0 spiro atoms. The fraction of sp³-hybridized carbons (Fsp3) is 0.500. The number of carboxylic acids is 1. The number of benzene rings is 1. The van der Waals surface area contributed by atoms with Crippen molar-refractivity contribution >= 4 is 27.8 Å². The third-order valence-corrected chi connectivity index (χ3v) is 5.18. The SMILES string of the molecule is CCC1(C(=O)O)CCN(C(=O)c2cc(C)ccc2Br)CC1. The number of halogens is 1. The van der Waals surface area contributed by atoms with Crippen molar-refractivity contribution in [2.45, 2.75) is 33.1 Å². The molecule has 114 valence electrons. The summed E-state index contributed by atoms with van der Waals surface area (Å²) in [5.74, 6) is -0.769. The molecular weight excluding hydrogens is 334 g/mol. The van der Waals surface area contributed by atoms with Crippen molar-refractivity contribution in [1.29, 1.82) is 0 Å². The third-order valence-electron chi connectivity index (χ3n) is 4.49. The van der Waals surface area contributed by atoms with E-state index in [1.54, 1.807) is 4.90 Å². The molecule has 2 rings (SSSR count). The molecule has 1 aliphatic heterocycles. The van der Waals surface area contributed by atoms with Crippen LogP contribution in [0.1, 0.15) is 42.1 Å². The molecule has 0 atom stereocenters. The second-order valence-corrected chi connectivity index (χ2v) is 6.57. The van der Waals surface area contributed by atoms with Crippen LogP contribution in [-0.2, 0) is 4.79 Å². The van der Waals surface area contributed by atoms with Gasteiger partial charge in [-0.3, -0.25) is 9.59 Å². The van der Waals surface area contributed by atoms with E-state index in [9.17, 15) is 14.7 Å². The van der Waals surface area contributed by atoms with Gasteiger partial charge >= 0.3 is 5.97 Å². The Morgan fingerprint density at radius 3 is 2.48 bits per heavy atom. The summed E-state index contributed by atoms with van der Waals surface area (Å²) in [6, 6.07) is 5.69. The van der Waals surface area contributed by atoms with Crippen LogP contribution < -0.4 is 0 Å². The van der Waals surface area contributed by atoms with E-state index in [-0.39, 0.29) is 5.91 Å². The molecule has 0 saturated carbocycles. The predicted molar refractivity (Wildman–Crippen MR) is 84.4 cm³/mol. The second kappa shape index (κ2) is 6.18. The molecule has 5 heteroatoms. The maximum atomic E-state index is 12.6. The topological polar surface area (TPSA) is 57.6 Å². The molecule has 21 heavy (non-hydrogen) atoms. The number of rotatable bonds is 3. The molecule has 0 unspecified atom stereocenters. The number of likely N-dealkylation sites (tertiary alicyclic amines) is 1. The third kappa shape index (κ3) is 3.12. The first kappa shape index (κ1) is 16.0. The maximum Gasteiger partial charge on any atom is 0.309 e. The number of amides is 1. The Morgan fingerprint density at radius 1 is 1.33 bits per heavy atom. The smallest absolute Gasteiger partial charge is 0.309 e. The van der Waals surface area contributed by atoms with E-state index in [1.807, 2.05) is 32.0 Å². The number of piperidine rings is 1. The van der Waals surface area contributed by atoms with Crippen molar-refractivity contribution in [3.05, 3.63) is 33.8 Å². The molecule has 0 aliphatic carbocycles. The van der Waals surface area contributed by atoms with Gasteiger partial charge in [-0.05, 0) is 54.2 Å². The zero-order valence-corrected chi connectivity index (χ0v) is 13.9. The standard InChI is InChI=1S/C16H20BrNO3/c1-3-16(15(20)21)6-8-18(9-7-16)14(19)12-10-11(2)4-5-13(12)17/h4-5,10H,3,6-9H2,1-2H3,(H,20,21). The van der Waals surface area contributed by atoms with Gasteiger partial charge in [-0.15, -0.1) is 0 Å². The van der Waals surface area contributed by atoms with E-state index in [1.165, 1.54) is 0 Å². The van der Waals surface area contributed by atoms with Crippen molar-refractivity contribution in [3.63, 3.8) is 0 Å². The van der Waals surface area contributed by atoms with Gasteiger partial charge in [0.2, 0.25) is 0 Å². The molecular formula is C16H20BrNO3. The molecule has 1 saturated heterocycles. The van der Waals surface area contributed by atoms with Crippen LogP contribution in [0, 0.1) is 12.3 Å². The highest BCUT2D eigenvalue weighted by atomic mass is 79.9. The summed E-state index contributed by atoms with van der Waals surface area (Å²) in [5.41, 5.74) is 1.02. The molecule has 1 aromatic carbocycles. The second-order valence-electron chi connectivity index (χ2n) is 5.71. The normalized spacial score (nSPS) is 17.6. The minimum atomic E-state index is -0.742. The lowest BCUT2D eigenvalue weighted by Crippen LogP contribution is -2.46. The lowest BCUT2D eigenvalue weighted by Gasteiger charge is -2.38. The van der Waals surface area contributed by atoms with Gasteiger partial charge in [0.05, 0.1) is 11.0 Å². The highest BCUT2D eigenvalue weighted by Crippen LogP contribution is 2.35. The van der Waals surface area contributed by atoms with Gasteiger partial charge < -0.3 is 10.0 Å². The Kier molecular flexibility index (Phi) is 4.71. The molecule has 1 N–H and O–H groups in total. The number of hydrogen-bond acceptors (Lipinski definition) is 2. The largest absolute Gasteiger partial charge is 0.481 e. The Morgan fingerprint density at radius 2 is 1.95 bits per heavy atom. The van der Waals surface area contributed by atoms with E-state index >= 15 is 0 Å². The molecule has 1 heterocycles. The quantitative estimate of drug-likeness (QED) is 0.904. The summed E-state index contributed by atoms with van der Waals surface area (Å²) in [6.45, 7) is 4.85. The van der Waals surface area contributed by atoms with Gasteiger partial charge in [0.25, 0.3) is 5.91 Å². The van der Waals surface area contributed by atoms with E-state index in [4.69, 9.17) is 0 Å². The van der Waals surface area contributed by atoms with Crippen LogP contribution in [0.5, 0.6) is 0 Å². The number of aryl methyl sites for hydroxylation is 1.